The Balaban J connectivity index is 1.72. The number of nitrogens with zero attached hydrogens (tertiary/aromatic N) is 3. The van der Waals surface area contributed by atoms with Gasteiger partial charge < -0.3 is 10.4 Å². The summed E-state index contributed by atoms with van der Waals surface area (Å²) >= 11 is 6.17. The van der Waals surface area contributed by atoms with Crippen molar-refractivity contribution in [3.05, 3.63) is 63.5 Å². The van der Waals surface area contributed by atoms with Crippen LogP contribution in [0.25, 0.3) is 10.8 Å². The molecule has 1 fully saturated rings. The average molecular weight is 477 g/mol. The average Bonchev–Trinajstić information content (AvgIpc) is 3.33. The van der Waals surface area contributed by atoms with E-state index in [1.165, 1.54) is 22.5 Å². The molecule has 0 spiro atoms. The van der Waals surface area contributed by atoms with Crippen molar-refractivity contribution >= 4 is 44.0 Å². The Morgan fingerprint density at radius 3 is 2.50 bits per heavy atom. The zero-order valence-electron chi connectivity index (χ0n) is 17.0. The molecular weight excluding hydrogens is 456 g/mol. The molecule has 9 nitrogen and oxygen atoms in total. The Labute approximate surface area is 189 Å². The molecule has 2 aromatic carbocycles. The number of aliphatic hydroxyl groups excluding tert-OH is 1. The van der Waals surface area contributed by atoms with Crippen molar-refractivity contribution in [3.63, 3.8) is 0 Å². The summed E-state index contributed by atoms with van der Waals surface area (Å²) in [6, 6.07) is 10.8. The molecule has 1 aliphatic rings. The molecule has 1 aliphatic heterocycles. The highest BCUT2D eigenvalue weighted by Crippen LogP contribution is 2.30. The molecular formula is C21H21ClN4O5S. The Morgan fingerprint density at radius 2 is 1.81 bits per heavy atom. The fourth-order valence-electron chi connectivity index (χ4n) is 3.69. The van der Waals surface area contributed by atoms with Gasteiger partial charge in [-0.05, 0) is 37.1 Å². The third kappa shape index (κ3) is 4.14. The van der Waals surface area contributed by atoms with Crippen LogP contribution in [0.5, 0.6) is 0 Å². The first kappa shape index (κ1) is 22.4. The van der Waals surface area contributed by atoms with E-state index >= 15 is 0 Å². The first-order chi connectivity index (χ1) is 15.3. The van der Waals surface area contributed by atoms with Crippen LogP contribution in [0.3, 0.4) is 0 Å². The lowest BCUT2D eigenvalue weighted by atomic mass is 10.1. The normalized spacial score (nSPS) is 14.7. The van der Waals surface area contributed by atoms with E-state index in [-0.39, 0.29) is 39.8 Å². The number of benzene rings is 2. The molecule has 0 unspecified atom stereocenters. The van der Waals surface area contributed by atoms with Crippen LogP contribution in [-0.2, 0) is 16.6 Å². The van der Waals surface area contributed by atoms with Crippen molar-refractivity contribution < 1.29 is 18.3 Å². The number of halogens is 1. The summed E-state index contributed by atoms with van der Waals surface area (Å²) in [4.78, 5) is 25.5. The van der Waals surface area contributed by atoms with Crippen LogP contribution in [0, 0.1) is 0 Å². The molecule has 0 radical (unpaired) electrons. The minimum Gasteiger partial charge on any atom is -0.394 e. The maximum Gasteiger partial charge on any atom is 0.276 e. The first-order valence-electron chi connectivity index (χ1n) is 10.0. The molecule has 0 saturated carbocycles. The summed E-state index contributed by atoms with van der Waals surface area (Å²) < 4.78 is 28.3. The summed E-state index contributed by atoms with van der Waals surface area (Å²) in [5.41, 5.74) is -0.216. The standard InChI is InChI=1S/C21H21ClN4O5S/c22-17-8-7-14(13-18(17)32(30,31)25-9-3-4-10-25)23-20(28)19-15-5-1-2-6-16(15)21(29)26(24-19)11-12-27/h1-2,5-8,13,27H,3-4,9-12H2,(H,23,28). The van der Waals surface area contributed by atoms with Gasteiger partial charge in [-0.1, -0.05) is 29.8 Å². The van der Waals surface area contributed by atoms with Gasteiger partial charge in [-0.3, -0.25) is 9.59 Å². The molecule has 3 aromatic rings. The third-order valence-electron chi connectivity index (χ3n) is 5.27. The summed E-state index contributed by atoms with van der Waals surface area (Å²) in [6.07, 6.45) is 1.57. The number of carbonyl (C=O) groups is 1. The van der Waals surface area contributed by atoms with Gasteiger partial charge in [0, 0.05) is 24.2 Å². The van der Waals surface area contributed by atoms with Crippen molar-refractivity contribution in [3.8, 4) is 0 Å². The Kier molecular flexibility index (Phi) is 6.29. The Hall–Kier alpha value is -2.79. The lowest BCUT2D eigenvalue weighted by Gasteiger charge is -2.17. The Morgan fingerprint density at radius 1 is 1.12 bits per heavy atom. The van der Waals surface area contributed by atoms with Crippen molar-refractivity contribution in [2.75, 3.05) is 25.0 Å². The smallest absolute Gasteiger partial charge is 0.276 e. The number of amides is 1. The number of fused-ring (bicyclic) bond motifs is 1. The molecule has 0 atom stereocenters. The molecule has 0 aliphatic carbocycles. The number of nitrogens with one attached hydrogen (secondary N) is 1. The van der Waals surface area contributed by atoms with Gasteiger partial charge in [0.1, 0.15) is 4.90 Å². The van der Waals surface area contributed by atoms with Crippen LogP contribution in [0.1, 0.15) is 23.3 Å². The van der Waals surface area contributed by atoms with Gasteiger partial charge in [-0.15, -0.1) is 0 Å². The van der Waals surface area contributed by atoms with Crippen molar-refractivity contribution in [2.24, 2.45) is 0 Å². The molecule has 0 bridgehead atoms. The monoisotopic (exact) mass is 476 g/mol. The maximum atomic E-state index is 13.1. The number of hydrogen-bond donors (Lipinski definition) is 2. The van der Waals surface area contributed by atoms with Gasteiger partial charge in [-0.2, -0.15) is 9.40 Å². The highest BCUT2D eigenvalue weighted by atomic mass is 35.5. The van der Waals surface area contributed by atoms with Gasteiger partial charge in [0.15, 0.2) is 5.69 Å². The van der Waals surface area contributed by atoms with Crippen molar-refractivity contribution in [2.45, 2.75) is 24.3 Å². The molecule has 4 rings (SSSR count). The zero-order valence-corrected chi connectivity index (χ0v) is 18.6. The topological polar surface area (TPSA) is 122 Å². The lowest BCUT2D eigenvalue weighted by molar-refractivity contribution is 0.102. The van der Waals surface area contributed by atoms with Crippen LogP contribution in [-0.4, -0.2) is 53.2 Å². The summed E-state index contributed by atoms with van der Waals surface area (Å²) in [5.74, 6) is -0.625. The molecule has 168 valence electrons. The van der Waals surface area contributed by atoms with Crippen molar-refractivity contribution in [1.29, 1.82) is 0 Å². The van der Waals surface area contributed by atoms with Crippen LogP contribution < -0.4 is 10.9 Å². The van der Waals surface area contributed by atoms with E-state index in [0.29, 0.717) is 18.5 Å². The van der Waals surface area contributed by atoms with Gasteiger partial charge in [-0.25, -0.2) is 13.1 Å². The third-order valence-corrected chi connectivity index (χ3v) is 7.65. The molecule has 1 amide bonds. The number of aromatic nitrogens is 2. The summed E-state index contributed by atoms with van der Waals surface area (Å²) in [5, 5.41) is 16.7. The molecule has 1 aromatic heterocycles. The maximum absolute atomic E-state index is 13.1. The van der Waals surface area contributed by atoms with Crippen LogP contribution in [0.2, 0.25) is 5.02 Å². The lowest BCUT2D eigenvalue weighted by Crippen LogP contribution is -2.29. The molecule has 1 saturated heterocycles. The minimum atomic E-state index is -3.79. The van der Waals surface area contributed by atoms with Crippen LogP contribution >= 0.6 is 11.6 Å². The largest absolute Gasteiger partial charge is 0.394 e. The van der Waals surface area contributed by atoms with Gasteiger partial charge in [0.25, 0.3) is 11.5 Å². The minimum absolute atomic E-state index is 0.0208. The van der Waals surface area contributed by atoms with Gasteiger partial charge in [0.2, 0.25) is 10.0 Å². The van der Waals surface area contributed by atoms with Crippen molar-refractivity contribution in [1.82, 2.24) is 14.1 Å². The molecule has 11 heteroatoms. The first-order valence-corrected chi connectivity index (χ1v) is 11.9. The molecule has 2 heterocycles. The van der Waals surface area contributed by atoms with E-state index in [1.807, 2.05) is 0 Å². The van der Waals surface area contributed by atoms with E-state index in [9.17, 15) is 23.1 Å². The number of hydrogen-bond acceptors (Lipinski definition) is 6. The predicted molar refractivity (Wildman–Crippen MR) is 120 cm³/mol. The number of aliphatic hydroxyl groups is 1. The SMILES string of the molecule is O=C(Nc1ccc(Cl)c(S(=O)(=O)N2CCCC2)c1)c1nn(CCO)c(=O)c2ccccc12. The zero-order chi connectivity index (χ0) is 22.9. The van der Waals surface area contributed by atoms with Gasteiger partial charge >= 0.3 is 0 Å². The number of carbonyl (C=O) groups excluding carboxylic acids is 1. The fraction of sp³-hybridized carbons (Fsp3) is 0.286. The number of rotatable bonds is 6. The Bertz CT molecular complexity index is 1350. The van der Waals surface area contributed by atoms with E-state index in [4.69, 9.17) is 11.6 Å². The van der Waals surface area contributed by atoms with E-state index < -0.39 is 21.5 Å². The van der Waals surface area contributed by atoms with Crippen LogP contribution in [0.15, 0.2) is 52.2 Å². The quantitative estimate of drug-likeness (QED) is 0.561. The second-order valence-electron chi connectivity index (χ2n) is 7.36. The van der Waals surface area contributed by atoms with E-state index in [0.717, 1.165) is 17.5 Å². The van der Waals surface area contributed by atoms with E-state index in [1.54, 1.807) is 24.3 Å². The number of sulfonamides is 1. The van der Waals surface area contributed by atoms with Gasteiger partial charge in [0.05, 0.1) is 23.6 Å². The summed E-state index contributed by atoms with van der Waals surface area (Å²) in [7, 11) is -3.79. The molecule has 2 N–H and O–H groups in total. The number of anilines is 1. The predicted octanol–water partition coefficient (Wildman–Crippen LogP) is 2.08. The van der Waals surface area contributed by atoms with E-state index in [2.05, 4.69) is 10.4 Å². The second-order valence-corrected chi connectivity index (χ2v) is 9.67. The second kappa shape index (κ2) is 8.99. The summed E-state index contributed by atoms with van der Waals surface area (Å²) in [6.45, 7) is 0.472. The van der Waals surface area contributed by atoms with Crippen LogP contribution in [0.4, 0.5) is 5.69 Å². The fourth-order valence-corrected chi connectivity index (χ4v) is 5.70. The molecule has 32 heavy (non-hydrogen) atoms. The highest BCUT2D eigenvalue weighted by molar-refractivity contribution is 7.89. The highest BCUT2D eigenvalue weighted by Gasteiger charge is 2.29.